The van der Waals surface area contributed by atoms with Crippen LogP contribution in [0.5, 0.6) is 11.5 Å². The molecule has 0 fully saturated rings. The van der Waals surface area contributed by atoms with Crippen LogP contribution in [0.1, 0.15) is 59.1 Å². The molecule has 0 aromatic heterocycles. The van der Waals surface area contributed by atoms with E-state index in [9.17, 15) is 18.0 Å². The molecule has 0 amide bonds. The van der Waals surface area contributed by atoms with E-state index >= 15 is 0 Å². The summed E-state index contributed by atoms with van der Waals surface area (Å²) >= 11 is 0. The molecule has 0 saturated heterocycles. The maximum atomic E-state index is 14.0. The second-order valence-corrected chi connectivity index (χ2v) is 9.98. The molecule has 0 spiro atoms. The summed E-state index contributed by atoms with van der Waals surface area (Å²) in [6.45, 7) is 1.49. The molecule has 2 aromatic carbocycles. The summed E-state index contributed by atoms with van der Waals surface area (Å²) in [5.41, 5.74) is 3.92. The van der Waals surface area contributed by atoms with Crippen molar-refractivity contribution in [2.75, 3.05) is 26.9 Å². The van der Waals surface area contributed by atoms with Crippen LogP contribution >= 0.6 is 0 Å². The van der Waals surface area contributed by atoms with Gasteiger partial charge in [-0.3, -0.25) is 4.79 Å². The highest BCUT2D eigenvalue weighted by atomic mass is 19.4. The molecule has 10 heteroatoms. The van der Waals surface area contributed by atoms with Crippen LogP contribution in [0.3, 0.4) is 0 Å². The van der Waals surface area contributed by atoms with Crippen LogP contribution in [0.25, 0.3) is 0 Å². The first-order valence-corrected chi connectivity index (χ1v) is 12.7. The van der Waals surface area contributed by atoms with E-state index < -0.39 is 11.7 Å². The van der Waals surface area contributed by atoms with Gasteiger partial charge in [0.05, 0.1) is 31.4 Å². The molecular formula is C28H27F3N2O5. The van der Waals surface area contributed by atoms with Crippen molar-refractivity contribution in [3.05, 3.63) is 69.9 Å². The Morgan fingerprint density at radius 3 is 2.84 bits per heavy atom. The average Bonchev–Trinajstić information content (AvgIpc) is 3.62. The number of fused-ring (bicyclic) bond motifs is 3. The van der Waals surface area contributed by atoms with Crippen LogP contribution < -0.4 is 9.47 Å². The van der Waals surface area contributed by atoms with Crippen molar-refractivity contribution in [3.8, 4) is 11.5 Å². The molecule has 0 N–H and O–H groups in total. The second kappa shape index (κ2) is 9.56. The highest BCUT2D eigenvalue weighted by Gasteiger charge is 2.38. The van der Waals surface area contributed by atoms with Gasteiger partial charge in [0, 0.05) is 48.8 Å². The van der Waals surface area contributed by atoms with Gasteiger partial charge in [-0.15, -0.1) is 0 Å². The van der Waals surface area contributed by atoms with E-state index in [1.54, 1.807) is 12.1 Å². The quantitative estimate of drug-likeness (QED) is 0.475. The number of benzene rings is 2. The third kappa shape index (κ3) is 4.56. The van der Waals surface area contributed by atoms with Crippen molar-refractivity contribution >= 4 is 11.7 Å². The molecule has 0 unspecified atom stereocenters. The molecule has 0 saturated carbocycles. The third-order valence-corrected chi connectivity index (χ3v) is 7.66. The molecule has 4 aliphatic rings. The molecule has 2 aromatic rings. The number of methoxy groups -OCH3 is 1. The molecular weight excluding hydrogens is 501 g/mol. The predicted molar refractivity (Wildman–Crippen MR) is 131 cm³/mol. The first kappa shape index (κ1) is 24.6. The lowest BCUT2D eigenvalue weighted by atomic mass is 9.95. The zero-order valence-electron chi connectivity index (χ0n) is 20.8. The Kier molecular flexibility index (Phi) is 6.20. The van der Waals surface area contributed by atoms with Crippen molar-refractivity contribution in [2.45, 2.75) is 50.4 Å². The lowest BCUT2D eigenvalue weighted by molar-refractivity contribution is -0.141. The number of hydrogen-bond acceptors (Lipinski definition) is 7. The monoisotopic (exact) mass is 528 g/mol. The summed E-state index contributed by atoms with van der Waals surface area (Å²) in [7, 11) is 1.36. The van der Waals surface area contributed by atoms with Crippen LogP contribution in [0.2, 0.25) is 0 Å². The summed E-state index contributed by atoms with van der Waals surface area (Å²) in [5, 5.41) is 4.00. The molecule has 38 heavy (non-hydrogen) atoms. The van der Waals surface area contributed by atoms with Crippen molar-refractivity contribution in [1.29, 1.82) is 0 Å². The van der Waals surface area contributed by atoms with E-state index in [-0.39, 0.29) is 31.0 Å². The lowest BCUT2D eigenvalue weighted by Crippen LogP contribution is -2.28. The van der Waals surface area contributed by atoms with Crippen molar-refractivity contribution in [2.24, 2.45) is 5.16 Å². The standard InChI is InChI=1S/C28H27F3N2O5/c1-35-27(34)10-16-14-36-26-11-18(2-3-19(16)26)38-25-7-5-20-21(25)4-6-23(28(29,30)31)22(20)13-33-9-8-24-17(12-33)15-37-32-24/h2-4,6,11-12,16,25H,5,7-10,13-15H2,1H3/t16-,25-/m1/s1. The second-order valence-electron chi connectivity index (χ2n) is 9.98. The Balaban J connectivity index is 1.25. The van der Waals surface area contributed by atoms with Crippen LogP contribution in [0, 0.1) is 0 Å². The molecule has 3 heterocycles. The maximum absolute atomic E-state index is 14.0. The van der Waals surface area contributed by atoms with Gasteiger partial charge in [-0.2, -0.15) is 13.2 Å². The fraction of sp³-hybridized carbons (Fsp3) is 0.429. The largest absolute Gasteiger partial charge is 0.492 e. The Bertz CT molecular complexity index is 1340. The minimum Gasteiger partial charge on any atom is -0.492 e. The molecule has 6 rings (SSSR count). The van der Waals surface area contributed by atoms with E-state index in [1.165, 1.54) is 13.2 Å². The third-order valence-electron chi connectivity index (χ3n) is 7.66. The molecule has 200 valence electrons. The molecule has 0 radical (unpaired) electrons. The van der Waals surface area contributed by atoms with Crippen molar-refractivity contribution < 1.29 is 37.0 Å². The molecule has 2 atom stereocenters. The first-order valence-electron chi connectivity index (χ1n) is 12.7. The maximum Gasteiger partial charge on any atom is 0.416 e. The van der Waals surface area contributed by atoms with E-state index in [2.05, 4.69) is 5.16 Å². The van der Waals surface area contributed by atoms with Gasteiger partial charge in [-0.1, -0.05) is 17.3 Å². The minimum absolute atomic E-state index is 0.0787. The van der Waals surface area contributed by atoms with Gasteiger partial charge >= 0.3 is 12.1 Å². The van der Waals surface area contributed by atoms with Crippen molar-refractivity contribution in [1.82, 2.24) is 4.90 Å². The zero-order chi connectivity index (χ0) is 26.4. The van der Waals surface area contributed by atoms with Gasteiger partial charge in [-0.05, 0) is 41.7 Å². The molecule has 7 nitrogen and oxygen atoms in total. The minimum atomic E-state index is -4.45. The Hall–Kier alpha value is -3.69. The first-order chi connectivity index (χ1) is 18.3. The number of rotatable bonds is 6. The topological polar surface area (TPSA) is 69.6 Å². The number of oxime groups is 1. The fourth-order valence-electron chi connectivity index (χ4n) is 5.76. The summed E-state index contributed by atoms with van der Waals surface area (Å²) in [5.74, 6) is 0.856. The summed E-state index contributed by atoms with van der Waals surface area (Å²) < 4.78 is 59.0. The van der Waals surface area contributed by atoms with E-state index in [0.29, 0.717) is 61.6 Å². The summed E-state index contributed by atoms with van der Waals surface area (Å²) in [6.07, 6.45) is -0.977. The van der Waals surface area contributed by atoms with E-state index in [4.69, 9.17) is 19.0 Å². The molecule has 3 aliphatic heterocycles. The number of hydrogen-bond donors (Lipinski definition) is 0. The highest BCUT2D eigenvalue weighted by molar-refractivity contribution is 6.01. The number of carbonyl (C=O) groups excluding carboxylic acids is 1. The predicted octanol–water partition coefficient (Wildman–Crippen LogP) is 5.29. The van der Waals surface area contributed by atoms with E-state index in [0.717, 1.165) is 22.4 Å². The Morgan fingerprint density at radius 2 is 2.03 bits per heavy atom. The van der Waals surface area contributed by atoms with Crippen LogP contribution in [0.4, 0.5) is 13.2 Å². The van der Waals surface area contributed by atoms with Crippen LogP contribution in [-0.4, -0.2) is 43.4 Å². The van der Waals surface area contributed by atoms with Gasteiger partial charge in [0.1, 0.15) is 24.2 Å². The van der Waals surface area contributed by atoms with Gasteiger partial charge in [0.15, 0.2) is 0 Å². The Labute approximate surface area is 217 Å². The number of ether oxygens (including phenoxy) is 3. The summed E-state index contributed by atoms with van der Waals surface area (Å²) in [6, 6.07) is 8.23. The molecule has 1 aliphatic carbocycles. The average molecular weight is 529 g/mol. The lowest BCUT2D eigenvalue weighted by Gasteiger charge is -2.28. The number of nitrogens with zero attached hydrogens (tertiary/aromatic N) is 2. The number of halogens is 3. The van der Waals surface area contributed by atoms with Gasteiger partial charge in [0.25, 0.3) is 0 Å². The van der Waals surface area contributed by atoms with Crippen molar-refractivity contribution in [3.63, 3.8) is 0 Å². The van der Waals surface area contributed by atoms with Gasteiger partial charge in [0.2, 0.25) is 0 Å². The van der Waals surface area contributed by atoms with Gasteiger partial charge < -0.3 is 23.9 Å². The van der Waals surface area contributed by atoms with Crippen LogP contribution in [0.15, 0.2) is 47.3 Å². The van der Waals surface area contributed by atoms with Gasteiger partial charge in [-0.25, -0.2) is 0 Å². The number of esters is 1. The normalized spacial score (nSPS) is 21.5. The van der Waals surface area contributed by atoms with E-state index in [1.807, 2.05) is 23.2 Å². The SMILES string of the molecule is COC(=O)C[C@@H]1COc2cc(O[C@@H]3CCc4c3ccc(C(F)(F)F)c4CN3C=C4CON=C4CC3)ccc21. The molecule has 0 bridgehead atoms. The Morgan fingerprint density at radius 1 is 1.18 bits per heavy atom. The highest BCUT2D eigenvalue weighted by Crippen LogP contribution is 2.44. The number of carbonyl (C=O) groups is 1. The van der Waals surface area contributed by atoms with Crippen LogP contribution in [-0.2, 0) is 33.5 Å². The summed E-state index contributed by atoms with van der Waals surface area (Å²) in [4.78, 5) is 18.7. The fourth-order valence-corrected chi connectivity index (χ4v) is 5.76. The smallest absolute Gasteiger partial charge is 0.416 e. The number of alkyl halides is 3. The zero-order valence-corrected chi connectivity index (χ0v) is 20.8.